The van der Waals surface area contributed by atoms with E-state index in [4.69, 9.17) is 15.0 Å². The van der Waals surface area contributed by atoms with E-state index in [9.17, 15) is 0 Å². The molecule has 3 aromatic carbocycles. The van der Waals surface area contributed by atoms with Crippen molar-refractivity contribution in [3.05, 3.63) is 120 Å². The maximum Gasteiger partial charge on any atom is 0.164 e. The normalized spacial score (nSPS) is 15.5. The minimum atomic E-state index is 0.382. The molecule has 0 saturated heterocycles. The van der Waals surface area contributed by atoms with E-state index in [1.54, 1.807) is 0 Å². The third-order valence-electron chi connectivity index (χ3n) is 5.53. The lowest BCUT2D eigenvalue weighted by Crippen LogP contribution is -2.05. The Hall–Kier alpha value is -3.85. The van der Waals surface area contributed by atoms with E-state index in [2.05, 4.69) is 49.4 Å². The molecular formula is C28H23N3. The van der Waals surface area contributed by atoms with Gasteiger partial charge in [0.15, 0.2) is 17.5 Å². The van der Waals surface area contributed by atoms with E-state index >= 15 is 0 Å². The molecule has 0 fully saturated rings. The number of hydrogen-bond donors (Lipinski definition) is 0. The van der Waals surface area contributed by atoms with Crippen LogP contribution >= 0.6 is 0 Å². The summed E-state index contributed by atoms with van der Waals surface area (Å²) in [4.78, 5) is 14.4. The first-order valence-electron chi connectivity index (χ1n) is 10.6. The third kappa shape index (κ3) is 4.22. The number of aryl methyl sites for hydroxylation is 1. The summed E-state index contributed by atoms with van der Waals surface area (Å²) in [5.41, 5.74) is 5.65. The average molecular weight is 402 g/mol. The smallest absolute Gasteiger partial charge is 0.164 e. The van der Waals surface area contributed by atoms with Crippen molar-refractivity contribution >= 4 is 5.57 Å². The molecular weight excluding hydrogens is 378 g/mol. The Bertz CT molecular complexity index is 1200. The first-order valence-corrected chi connectivity index (χ1v) is 10.6. The van der Waals surface area contributed by atoms with Gasteiger partial charge in [0, 0.05) is 22.6 Å². The summed E-state index contributed by atoms with van der Waals surface area (Å²) >= 11 is 0. The van der Waals surface area contributed by atoms with E-state index in [1.807, 2.05) is 60.7 Å². The lowest BCUT2D eigenvalue weighted by molar-refractivity contribution is 0.852. The minimum Gasteiger partial charge on any atom is -0.208 e. The number of allylic oxidation sites excluding steroid dienone is 4. The van der Waals surface area contributed by atoms with Crippen molar-refractivity contribution in [2.45, 2.75) is 19.3 Å². The number of nitrogens with zero attached hydrogens (tertiary/aromatic N) is 3. The SMILES string of the molecule is Cc1cccc(C2C=CC(c3nc(-c4ccccc4)nc(-c4ccccc4)n3)=CC2)c1. The molecule has 0 amide bonds. The van der Waals surface area contributed by atoms with Gasteiger partial charge in [-0.2, -0.15) is 0 Å². The largest absolute Gasteiger partial charge is 0.208 e. The highest BCUT2D eigenvalue weighted by Crippen LogP contribution is 2.31. The molecule has 5 rings (SSSR count). The molecule has 0 N–H and O–H groups in total. The van der Waals surface area contributed by atoms with Crippen LogP contribution in [-0.2, 0) is 0 Å². The zero-order chi connectivity index (χ0) is 21.0. The Morgan fingerprint density at radius 3 is 1.84 bits per heavy atom. The van der Waals surface area contributed by atoms with Gasteiger partial charge < -0.3 is 0 Å². The topological polar surface area (TPSA) is 38.7 Å². The summed E-state index contributed by atoms with van der Waals surface area (Å²) in [7, 11) is 0. The zero-order valence-electron chi connectivity index (χ0n) is 17.4. The van der Waals surface area contributed by atoms with Gasteiger partial charge in [-0.15, -0.1) is 0 Å². The van der Waals surface area contributed by atoms with Crippen LogP contribution in [0.25, 0.3) is 28.3 Å². The van der Waals surface area contributed by atoms with Crippen molar-refractivity contribution in [3.63, 3.8) is 0 Å². The Labute approximate surface area is 182 Å². The molecule has 3 nitrogen and oxygen atoms in total. The first kappa shape index (κ1) is 19.1. The van der Waals surface area contributed by atoms with Gasteiger partial charge in [-0.25, -0.2) is 15.0 Å². The fraction of sp³-hybridized carbons (Fsp3) is 0.107. The van der Waals surface area contributed by atoms with Crippen LogP contribution in [0.4, 0.5) is 0 Å². The molecule has 1 unspecified atom stereocenters. The highest BCUT2D eigenvalue weighted by atomic mass is 15.0. The Morgan fingerprint density at radius 1 is 0.677 bits per heavy atom. The van der Waals surface area contributed by atoms with Gasteiger partial charge >= 0.3 is 0 Å². The fourth-order valence-corrected chi connectivity index (χ4v) is 3.87. The van der Waals surface area contributed by atoms with Crippen LogP contribution in [0, 0.1) is 6.92 Å². The van der Waals surface area contributed by atoms with Crippen molar-refractivity contribution < 1.29 is 0 Å². The molecule has 1 aliphatic carbocycles. The molecule has 1 atom stereocenters. The van der Waals surface area contributed by atoms with Crippen LogP contribution in [0.5, 0.6) is 0 Å². The Balaban J connectivity index is 1.52. The second-order valence-corrected chi connectivity index (χ2v) is 7.81. The van der Waals surface area contributed by atoms with Crippen molar-refractivity contribution in [1.29, 1.82) is 0 Å². The number of hydrogen-bond acceptors (Lipinski definition) is 3. The van der Waals surface area contributed by atoms with Crippen LogP contribution in [0.2, 0.25) is 0 Å². The summed E-state index contributed by atoms with van der Waals surface area (Å²) < 4.78 is 0. The molecule has 4 aromatic rings. The van der Waals surface area contributed by atoms with E-state index in [0.29, 0.717) is 23.4 Å². The van der Waals surface area contributed by atoms with Crippen molar-refractivity contribution in [2.75, 3.05) is 0 Å². The fourth-order valence-electron chi connectivity index (χ4n) is 3.87. The van der Waals surface area contributed by atoms with E-state index in [0.717, 1.165) is 23.1 Å². The predicted octanol–water partition coefficient (Wildman–Crippen LogP) is 6.64. The number of aromatic nitrogens is 3. The maximum absolute atomic E-state index is 4.82. The summed E-state index contributed by atoms with van der Waals surface area (Å²) in [5.74, 6) is 2.48. The quantitative estimate of drug-likeness (QED) is 0.385. The maximum atomic E-state index is 4.82. The second-order valence-electron chi connectivity index (χ2n) is 7.81. The summed E-state index contributed by atoms with van der Waals surface area (Å²) in [6, 6.07) is 28.9. The van der Waals surface area contributed by atoms with Gasteiger partial charge in [-0.05, 0) is 18.9 Å². The van der Waals surface area contributed by atoms with E-state index in [-0.39, 0.29) is 0 Å². The molecule has 1 aromatic heterocycles. The van der Waals surface area contributed by atoms with Gasteiger partial charge in [0.1, 0.15) is 0 Å². The molecule has 3 heteroatoms. The van der Waals surface area contributed by atoms with Crippen molar-refractivity contribution in [1.82, 2.24) is 15.0 Å². The Kier molecular flexibility index (Phi) is 5.24. The molecule has 1 heterocycles. The summed E-state index contributed by atoms with van der Waals surface area (Å²) in [6.07, 6.45) is 7.59. The number of rotatable bonds is 4. The minimum absolute atomic E-state index is 0.382. The highest BCUT2D eigenvalue weighted by Gasteiger charge is 2.16. The molecule has 31 heavy (non-hydrogen) atoms. The average Bonchev–Trinajstić information content (AvgIpc) is 2.85. The second kappa shape index (κ2) is 8.49. The lowest BCUT2D eigenvalue weighted by atomic mass is 9.89. The summed E-state index contributed by atoms with van der Waals surface area (Å²) in [6.45, 7) is 2.14. The monoisotopic (exact) mass is 401 g/mol. The van der Waals surface area contributed by atoms with Gasteiger partial charge in [0.25, 0.3) is 0 Å². The highest BCUT2D eigenvalue weighted by molar-refractivity contribution is 5.74. The molecule has 150 valence electrons. The third-order valence-corrected chi connectivity index (χ3v) is 5.53. The molecule has 0 radical (unpaired) electrons. The van der Waals surface area contributed by atoms with E-state index in [1.165, 1.54) is 11.1 Å². The van der Waals surface area contributed by atoms with Crippen LogP contribution in [0.3, 0.4) is 0 Å². The standard InChI is InChI=1S/C28H23N3/c1-20-9-8-14-25(19-20)21-15-17-24(18-16-21)28-30-26(22-10-4-2-5-11-22)29-27(31-28)23-12-6-3-7-13-23/h2-15,17-19,21H,16H2,1H3. The zero-order valence-corrected chi connectivity index (χ0v) is 17.4. The van der Waals surface area contributed by atoms with Gasteiger partial charge in [-0.3, -0.25) is 0 Å². The van der Waals surface area contributed by atoms with Crippen LogP contribution in [0.15, 0.2) is 103 Å². The van der Waals surface area contributed by atoms with Crippen LogP contribution in [0.1, 0.15) is 29.3 Å². The van der Waals surface area contributed by atoms with Crippen LogP contribution < -0.4 is 0 Å². The molecule has 0 aliphatic heterocycles. The van der Waals surface area contributed by atoms with Crippen LogP contribution in [-0.4, -0.2) is 15.0 Å². The first-order chi connectivity index (χ1) is 15.3. The Morgan fingerprint density at radius 2 is 1.29 bits per heavy atom. The number of benzene rings is 3. The van der Waals surface area contributed by atoms with Crippen molar-refractivity contribution in [2.24, 2.45) is 0 Å². The molecule has 0 bridgehead atoms. The van der Waals surface area contributed by atoms with E-state index < -0.39 is 0 Å². The predicted molar refractivity (Wildman–Crippen MR) is 126 cm³/mol. The summed E-state index contributed by atoms with van der Waals surface area (Å²) in [5, 5.41) is 0. The molecule has 0 saturated carbocycles. The van der Waals surface area contributed by atoms with Crippen molar-refractivity contribution in [3.8, 4) is 22.8 Å². The van der Waals surface area contributed by atoms with Gasteiger partial charge in [-0.1, -0.05) is 109 Å². The lowest BCUT2D eigenvalue weighted by Gasteiger charge is -2.17. The van der Waals surface area contributed by atoms with Gasteiger partial charge in [0.05, 0.1) is 0 Å². The molecule has 1 aliphatic rings. The van der Waals surface area contributed by atoms with Gasteiger partial charge in [0.2, 0.25) is 0 Å². The molecule has 0 spiro atoms.